The molecule has 0 saturated carbocycles. The Kier molecular flexibility index (Phi) is 4.85. The summed E-state index contributed by atoms with van der Waals surface area (Å²) in [5.74, 6) is 1.25. The largest absolute Gasteiger partial charge is 0.492 e. The smallest absolute Gasteiger partial charge is 0.274 e. The van der Waals surface area contributed by atoms with E-state index in [0.29, 0.717) is 29.6 Å². The van der Waals surface area contributed by atoms with Crippen molar-refractivity contribution >= 4 is 38.3 Å². The molecule has 4 aromatic rings. The number of aromatic nitrogens is 1. The number of nitrogens with zero attached hydrogens (tertiary/aromatic N) is 2. The fraction of sp³-hybridized carbons (Fsp3) is 0.167. The van der Waals surface area contributed by atoms with E-state index in [1.165, 1.54) is 11.3 Å². The minimum atomic E-state index is -0.607. The van der Waals surface area contributed by atoms with E-state index in [4.69, 9.17) is 14.5 Å². The van der Waals surface area contributed by atoms with E-state index < -0.39 is 6.10 Å². The first-order valence-corrected chi connectivity index (χ1v) is 10.7. The van der Waals surface area contributed by atoms with Gasteiger partial charge < -0.3 is 9.47 Å². The third-order valence-electron chi connectivity index (χ3n) is 5.02. The summed E-state index contributed by atoms with van der Waals surface area (Å²) in [6.07, 6.45) is -0.0724. The van der Waals surface area contributed by atoms with Gasteiger partial charge in [0, 0.05) is 6.42 Å². The van der Waals surface area contributed by atoms with Crippen molar-refractivity contribution in [3.05, 3.63) is 78.4 Å². The highest BCUT2D eigenvalue weighted by Gasteiger charge is 2.36. The summed E-state index contributed by atoms with van der Waals surface area (Å²) in [6, 6.07) is 23.2. The molecule has 5 nitrogen and oxygen atoms in total. The topological polar surface area (TPSA) is 51.7 Å². The van der Waals surface area contributed by atoms with Crippen LogP contribution in [-0.4, -0.2) is 23.6 Å². The summed E-state index contributed by atoms with van der Waals surface area (Å²) in [7, 11) is 0. The van der Waals surface area contributed by atoms with Gasteiger partial charge in [-0.3, -0.25) is 4.79 Å². The van der Waals surface area contributed by atoms with Crippen molar-refractivity contribution in [2.75, 3.05) is 11.5 Å². The minimum Gasteiger partial charge on any atom is -0.492 e. The number of hydrogen-bond acceptors (Lipinski definition) is 5. The molecular weight excluding hydrogens is 396 g/mol. The van der Waals surface area contributed by atoms with Gasteiger partial charge >= 0.3 is 0 Å². The molecule has 0 radical (unpaired) electrons. The van der Waals surface area contributed by atoms with Crippen LogP contribution in [0.1, 0.15) is 12.5 Å². The average Bonchev–Trinajstić information content (AvgIpc) is 3.39. The first-order chi connectivity index (χ1) is 14.7. The van der Waals surface area contributed by atoms with Gasteiger partial charge in [-0.2, -0.15) is 0 Å². The monoisotopic (exact) mass is 416 g/mol. The normalized spacial score (nSPS) is 14.9. The van der Waals surface area contributed by atoms with Crippen molar-refractivity contribution in [3.63, 3.8) is 0 Å². The zero-order valence-electron chi connectivity index (χ0n) is 16.4. The third-order valence-corrected chi connectivity index (χ3v) is 6.04. The van der Waals surface area contributed by atoms with E-state index in [2.05, 4.69) is 0 Å². The molecule has 0 bridgehead atoms. The zero-order valence-corrected chi connectivity index (χ0v) is 17.3. The minimum absolute atomic E-state index is 0.155. The van der Waals surface area contributed by atoms with Gasteiger partial charge in [0.1, 0.15) is 11.5 Å². The standard InChI is InChI=1S/C24H20N2O3S/c1-2-28-20-13-7-5-11-18(20)26(24-25-17-10-4-8-14-22(17)30-24)23(27)21-15-16-9-3-6-12-19(16)29-21/h3-14,21H,2,15H2,1H3/t21-/m1/s1. The second-order valence-corrected chi connectivity index (χ2v) is 7.97. The predicted molar refractivity (Wildman–Crippen MR) is 119 cm³/mol. The number of carbonyl (C=O) groups excluding carboxylic acids is 1. The second-order valence-electron chi connectivity index (χ2n) is 6.96. The summed E-state index contributed by atoms with van der Waals surface area (Å²) >= 11 is 1.48. The van der Waals surface area contributed by atoms with Crippen LogP contribution in [0.2, 0.25) is 0 Å². The lowest BCUT2D eigenvalue weighted by molar-refractivity contribution is -0.123. The molecule has 6 heteroatoms. The molecule has 0 saturated heterocycles. The van der Waals surface area contributed by atoms with Crippen molar-refractivity contribution in [1.29, 1.82) is 0 Å². The van der Waals surface area contributed by atoms with Crippen LogP contribution in [0.4, 0.5) is 10.8 Å². The number of hydrogen-bond donors (Lipinski definition) is 0. The molecule has 0 unspecified atom stereocenters. The van der Waals surface area contributed by atoms with Crippen molar-refractivity contribution in [1.82, 2.24) is 4.98 Å². The number of para-hydroxylation sites is 4. The van der Waals surface area contributed by atoms with Crippen LogP contribution in [0, 0.1) is 0 Å². The molecule has 0 N–H and O–H groups in total. The van der Waals surface area contributed by atoms with Gasteiger partial charge in [0.2, 0.25) is 0 Å². The Morgan fingerprint density at radius 1 is 1.10 bits per heavy atom. The van der Waals surface area contributed by atoms with E-state index in [1.54, 1.807) is 4.90 Å². The molecule has 1 atom stereocenters. The molecule has 0 fully saturated rings. The molecule has 1 amide bonds. The molecule has 1 aliphatic rings. The van der Waals surface area contributed by atoms with E-state index in [1.807, 2.05) is 79.7 Å². The Bertz CT molecular complexity index is 1160. The van der Waals surface area contributed by atoms with Crippen molar-refractivity contribution in [3.8, 4) is 11.5 Å². The molecule has 0 spiro atoms. The Morgan fingerprint density at radius 3 is 2.70 bits per heavy atom. The van der Waals surface area contributed by atoms with Crippen LogP contribution in [0.5, 0.6) is 11.5 Å². The number of anilines is 2. The number of benzene rings is 3. The van der Waals surface area contributed by atoms with Gasteiger partial charge in [0.15, 0.2) is 11.2 Å². The van der Waals surface area contributed by atoms with Crippen LogP contribution < -0.4 is 14.4 Å². The lowest BCUT2D eigenvalue weighted by Crippen LogP contribution is -2.38. The SMILES string of the molecule is CCOc1ccccc1N(C(=O)[C@H]1Cc2ccccc2O1)c1nc2ccccc2s1. The van der Waals surface area contributed by atoms with Crippen LogP contribution in [0.15, 0.2) is 72.8 Å². The quantitative estimate of drug-likeness (QED) is 0.439. The van der Waals surface area contributed by atoms with Gasteiger partial charge in [0.05, 0.1) is 22.5 Å². The predicted octanol–water partition coefficient (Wildman–Crippen LogP) is 5.36. The summed E-state index contributed by atoms with van der Waals surface area (Å²) in [4.78, 5) is 20.2. The van der Waals surface area contributed by atoms with E-state index in [0.717, 1.165) is 21.5 Å². The average molecular weight is 417 g/mol. The summed E-state index contributed by atoms with van der Waals surface area (Å²) in [5, 5.41) is 0.605. The molecule has 0 aliphatic carbocycles. The Labute approximate surface area is 178 Å². The molecule has 30 heavy (non-hydrogen) atoms. The number of thiazole rings is 1. The fourth-order valence-electron chi connectivity index (χ4n) is 3.65. The lowest BCUT2D eigenvalue weighted by Gasteiger charge is -2.25. The summed E-state index contributed by atoms with van der Waals surface area (Å²) in [6.45, 7) is 2.43. The van der Waals surface area contributed by atoms with Gasteiger partial charge in [-0.15, -0.1) is 0 Å². The summed E-state index contributed by atoms with van der Waals surface area (Å²) < 4.78 is 12.9. The highest BCUT2D eigenvalue weighted by molar-refractivity contribution is 7.22. The molecule has 5 rings (SSSR count). The number of ether oxygens (including phenoxy) is 2. The maximum atomic E-state index is 13.8. The van der Waals surface area contributed by atoms with Crippen LogP contribution in [-0.2, 0) is 11.2 Å². The van der Waals surface area contributed by atoms with Crippen molar-refractivity contribution < 1.29 is 14.3 Å². The summed E-state index contributed by atoms with van der Waals surface area (Å²) in [5.41, 5.74) is 2.57. The van der Waals surface area contributed by atoms with Gasteiger partial charge in [-0.1, -0.05) is 53.8 Å². The van der Waals surface area contributed by atoms with Gasteiger partial charge in [-0.25, -0.2) is 9.88 Å². The lowest BCUT2D eigenvalue weighted by atomic mass is 10.1. The Morgan fingerprint density at radius 2 is 1.87 bits per heavy atom. The van der Waals surface area contributed by atoms with E-state index >= 15 is 0 Å². The molecule has 3 aromatic carbocycles. The molecule has 1 aliphatic heterocycles. The third kappa shape index (κ3) is 3.29. The molecule has 150 valence electrons. The van der Waals surface area contributed by atoms with Crippen molar-refractivity contribution in [2.24, 2.45) is 0 Å². The zero-order chi connectivity index (χ0) is 20.5. The van der Waals surface area contributed by atoms with Gasteiger partial charge in [-0.05, 0) is 42.8 Å². The van der Waals surface area contributed by atoms with Crippen LogP contribution in [0.3, 0.4) is 0 Å². The van der Waals surface area contributed by atoms with E-state index in [9.17, 15) is 4.79 Å². The number of rotatable bonds is 5. The fourth-order valence-corrected chi connectivity index (χ4v) is 4.64. The maximum Gasteiger partial charge on any atom is 0.274 e. The number of amides is 1. The van der Waals surface area contributed by atoms with Gasteiger partial charge in [0.25, 0.3) is 5.91 Å². The maximum absolute atomic E-state index is 13.8. The first-order valence-electron chi connectivity index (χ1n) is 9.90. The Hall–Kier alpha value is -3.38. The molecular formula is C24H20N2O3S. The van der Waals surface area contributed by atoms with E-state index in [-0.39, 0.29) is 5.91 Å². The van der Waals surface area contributed by atoms with Crippen molar-refractivity contribution in [2.45, 2.75) is 19.4 Å². The molecule has 2 heterocycles. The molecule has 1 aromatic heterocycles. The van der Waals surface area contributed by atoms with Crippen LogP contribution in [0.25, 0.3) is 10.2 Å². The number of fused-ring (bicyclic) bond motifs is 2. The highest BCUT2D eigenvalue weighted by atomic mass is 32.1. The van der Waals surface area contributed by atoms with Crippen LogP contribution >= 0.6 is 11.3 Å². The highest BCUT2D eigenvalue weighted by Crippen LogP contribution is 2.40. The first kappa shape index (κ1) is 18.6. The Balaban J connectivity index is 1.59. The number of carbonyl (C=O) groups is 1. The second kappa shape index (κ2) is 7.80.